The molecule has 0 unspecified atom stereocenters. The van der Waals surface area contributed by atoms with Crippen LogP contribution < -0.4 is 5.32 Å². The van der Waals surface area contributed by atoms with Crippen molar-refractivity contribution < 1.29 is 14.7 Å². The quantitative estimate of drug-likeness (QED) is 0.832. The van der Waals surface area contributed by atoms with Crippen molar-refractivity contribution in [3.05, 3.63) is 36.0 Å². The van der Waals surface area contributed by atoms with Crippen molar-refractivity contribution in [3.63, 3.8) is 0 Å². The summed E-state index contributed by atoms with van der Waals surface area (Å²) in [6.07, 6.45) is 1.33. The van der Waals surface area contributed by atoms with Crippen LogP contribution in [0.3, 0.4) is 0 Å². The minimum Gasteiger partial charge on any atom is -0.478 e. The Balaban J connectivity index is 2.44. The summed E-state index contributed by atoms with van der Waals surface area (Å²) >= 11 is 1.29. The van der Waals surface area contributed by atoms with E-state index in [1.54, 1.807) is 25.2 Å². The minimum atomic E-state index is -1.01. The van der Waals surface area contributed by atoms with Gasteiger partial charge in [0.2, 0.25) is 5.91 Å². The van der Waals surface area contributed by atoms with Gasteiger partial charge in [0.25, 0.3) is 0 Å². The third kappa shape index (κ3) is 2.85. The van der Waals surface area contributed by atoms with Crippen molar-refractivity contribution in [1.82, 2.24) is 10.3 Å². The van der Waals surface area contributed by atoms with Crippen molar-refractivity contribution in [2.45, 2.75) is 5.03 Å². The van der Waals surface area contributed by atoms with E-state index in [2.05, 4.69) is 10.3 Å². The summed E-state index contributed by atoms with van der Waals surface area (Å²) in [5, 5.41) is 13.7. The molecular formula is C13H12N2O3S. The van der Waals surface area contributed by atoms with E-state index in [0.717, 1.165) is 5.39 Å². The Morgan fingerprint density at radius 1 is 1.32 bits per heavy atom. The molecule has 0 saturated carbocycles. The molecule has 0 bridgehead atoms. The van der Waals surface area contributed by atoms with Crippen molar-refractivity contribution in [2.75, 3.05) is 12.8 Å². The van der Waals surface area contributed by atoms with Crippen molar-refractivity contribution in [1.29, 1.82) is 0 Å². The number of carbonyl (C=O) groups excluding carboxylic acids is 1. The number of thioether (sulfide) groups is 1. The molecule has 0 radical (unpaired) electrons. The van der Waals surface area contributed by atoms with Crippen LogP contribution in [0.2, 0.25) is 0 Å². The second-order valence-electron chi connectivity index (χ2n) is 3.79. The SMILES string of the molecule is CNC(=O)CSc1ncc(C(=O)O)c2ccccc12. The molecule has 2 rings (SSSR count). The van der Waals surface area contributed by atoms with Gasteiger partial charge in [-0.05, 0) is 0 Å². The molecule has 6 heteroatoms. The summed E-state index contributed by atoms with van der Waals surface area (Å²) in [5.74, 6) is -0.857. The first-order valence-corrected chi connectivity index (χ1v) is 6.56. The molecule has 1 aromatic heterocycles. The van der Waals surface area contributed by atoms with Gasteiger partial charge in [0, 0.05) is 24.0 Å². The average molecular weight is 276 g/mol. The fourth-order valence-electron chi connectivity index (χ4n) is 1.66. The molecule has 19 heavy (non-hydrogen) atoms. The number of amides is 1. The summed E-state index contributed by atoms with van der Waals surface area (Å²) < 4.78 is 0. The molecule has 2 aromatic rings. The molecule has 0 spiro atoms. The van der Waals surface area contributed by atoms with Gasteiger partial charge in [0.1, 0.15) is 5.03 Å². The Labute approximate surface area is 114 Å². The van der Waals surface area contributed by atoms with Crippen LogP contribution in [0.15, 0.2) is 35.5 Å². The smallest absolute Gasteiger partial charge is 0.337 e. The second kappa shape index (κ2) is 5.71. The van der Waals surface area contributed by atoms with E-state index >= 15 is 0 Å². The number of carboxylic acids is 1. The summed E-state index contributed by atoms with van der Waals surface area (Å²) in [5.41, 5.74) is 0.167. The summed E-state index contributed by atoms with van der Waals surface area (Å²) in [6.45, 7) is 0. The highest BCUT2D eigenvalue weighted by molar-refractivity contribution is 8.00. The number of pyridine rings is 1. The highest BCUT2D eigenvalue weighted by Crippen LogP contribution is 2.27. The molecule has 1 aromatic carbocycles. The molecule has 0 fully saturated rings. The largest absolute Gasteiger partial charge is 0.478 e. The number of carbonyl (C=O) groups is 2. The average Bonchev–Trinajstić information content (AvgIpc) is 2.43. The number of carboxylic acid groups (broad SMARTS) is 1. The van der Waals surface area contributed by atoms with Gasteiger partial charge < -0.3 is 10.4 Å². The Morgan fingerprint density at radius 2 is 2.00 bits per heavy atom. The van der Waals surface area contributed by atoms with Crippen LogP contribution >= 0.6 is 11.8 Å². The second-order valence-corrected chi connectivity index (χ2v) is 4.75. The zero-order valence-electron chi connectivity index (χ0n) is 10.2. The van der Waals surface area contributed by atoms with Crippen molar-refractivity contribution >= 4 is 34.4 Å². The topological polar surface area (TPSA) is 79.3 Å². The van der Waals surface area contributed by atoms with Gasteiger partial charge >= 0.3 is 5.97 Å². The van der Waals surface area contributed by atoms with E-state index in [-0.39, 0.29) is 17.2 Å². The Morgan fingerprint density at radius 3 is 2.63 bits per heavy atom. The van der Waals surface area contributed by atoms with E-state index in [0.29, 0.717) is 10.4 Å². The van der Waals surface area contributed by atoms with Crippen LogP contribution in [0.25, 0.3) is 10.8 Å². The molecule has 0 atom stereocenters. The van der Waals surface area contributed by atoms with E-state index in [9.17, 15) is 9.59 Å². The van der Waals surface area contributed by atoms with Crippen LogP contribution in [0.5, 0.6) is 0 Å². The zero-order valence-corrected chi connectivity index (χ0v) is 11.0. The lowest BCUT2D eigenvalue weighted by Crippen LogP contribution is -2.19. The van der Waals surface area contributed by atoms with E-state index < -0.39 is 5.97 Å². The van der Waals surface area contributed by atoms with Gasteiger partial charge in [0.15, 0.2) is 0 Å². The van der Waals surface area contributed by atoms with Crippen molar-refractivity contribution in [2.24, 2.45) is 0 Å². The Bertz CT molecular complexity index is 643. The molecule has 5 nitrogen and oxygen atoms in total. The summed E-state index contributed by atoms with van der Waals surface area (Å²) in [6, 6.07) is 7.15. The lowest BCUT2D eigenvalue weighted by atomic mass is 10.1. The molecule has 1 amide bonds. The minimum absolute atomic E-state index is 0.0989. The van der Waals surface area contributed by atoms with Gasteiger partial charge in [-0.25, -0.2) is 9.78 Å². The molecule has 2 N–H and O–H groups in total. The third-order valence-electron chi connectivity index (χ3n) is 2.61. The molecule has 0 aliphatic carbocycles. The first kappa shape index (κ1) is 13.4. The van der Waals surface area contributed by atoms with Crippen molar-refractivity contribution in [3.8, 4) is 0 Å². The van der Waals surface area contributed by atoms with Gasteiger partial charge in [0.05, 0.1) is 11.3 Å². The normalized spacial score (nSPS) is 10.4. The van der Waals surface area contributed by atoms with Gasteiger partial charge in [-0.2, -0.15) is 0 Å². The number of fused-ring (bicyclic) bond motifs is 1. The number of nitrogens with one attached hydrogen (secondary N) is 1. The highest BCUT2D eigenvalue weighted by Gasteiger charge is 2.13. The van der Waals surface area contributed by atoms with Crippen LogP contribution in [0.1, 0.15) is 10.4 Å². The predicted octanol–water partition coefficient (Wildman–Crippen LogP) is 1.77. The molecule has 0 aliphatic rings. The number of aromatic nitrogens is 1. The molecule has 0 saturated heterocycles. The lowest BCUT2D eigenvalue weighted by molar-refractivity contribution is -0.118. The molecule has 98 valence electrons. The Hall–Kier alpha value is -2.08. The van der Waals surface area contributed by atoms with Gasteiger partial charge in [-0.1, -0.05) is 36.0 Å². The molecule has 0 aliphatic heterocycles. The number of rotatable bonds is 4. The molecular weight excluding hydrogens is 264 g/mol. The Kier molecular flexibility index (Phi) is 4.01. The fourth-order valence-corrected chi connectivity index (χ4v) is 2.53. The van der Waals surface area contributed by atoms with Crippen LogP contribution in [0, 0.1) is 0 Å². The van der Waals surface area contributed by atoms with Gasteiger partial charge in [-0.3, -0.25) is 4.79 Å². The van der Waals surface area contributed by atoms with Gasteiger partial charge in [-0.15, -0.1) is 0 Å². The van der Waals surface area contributed by atoms with Crippen LogP contribution in [-0.2, 0) is 4.79 Å². The third-order valence-corrected chi connectivity index (χ3v) is 3.61. The first-order valence-electron chi connectivity index (χ1n) is 5.58. The molecule has 1 heterocycles. The summed E-state index contributed by atoms with van der Waals surface area (Å²) in [4.78, 5) is 26.5. The zero-order chi connectivity index (χ0) is 13.8. The number of hydrogen-bond acceptors (Lipinski definition) is 4. The number of benzene rings is 1. The van der Waals surface area contributed by atoms with E-state index in [4.69, 9.17) is 5.11 Å². The van der Waals surface area contributed by atoms with E-state index in [1.807, 2.05) is 6.07 Å². The maximum absolute atomic E-state index is 11.2. The lowest BCUT2D eigenvalue weighted by Gasteiger charge is -2.07. The first-order chi connectivity index (χ1) is 9.13. The highest BCUT2D eigenvalue weighted by atomic mass is 32.2. The van der Waals surface area contributed by atoms with Crippen LogP contribution in [-0.4, -0.2) is 34.8 Å². The number of hydrogen-bond donors (Lipinski definition) is 2. The summed E-state index contributed by atoms with van der Waals surface area (Å²) in [7, 11) is 1.57. The fraction of sp³-hybridized carbons (Fsp3) is 0.154. The van der Waals surface area contributed by atoms with E-state index in [1.165, 1.54) is 18.0 Å². The number of aromatic carboxylic acids is 1. The standard InChI is InChI=1S/C13H12N2O3S/c1-14-11(16)7-19-12-9-5-3-2-4-8(9)10(6-15-12)13(17)18/h2-6H,7H2,1H3,(H,14,16)(H,17,18). The number of nitrogens with zero attached hydrogens (tertiary/aromatic N) is 1. The van der Waals surface area contributed by atoms with Crippen LogP contribution in [0.4, 0.5) is 0 Å². The predicted molar refractivity (Wildman–Crippen MR) is 73.5 cm³/mol. The maximum atomic E-state index is 11.2. The monoisotopic (exact) mass is 276 g/mol. The maximum Gasteiger partial charge on any atom is 0.337 e.